The number of hydrogen-bond donors (Lipinski definition) is 1. The van der Waals surface area contributed by atoms with Crippen LogP contribution in [0.3, 0.4) is 0 Å². The van der Waals surface area contributed by atoms with E-state index in [1.54, 1.807) is 0 Å². The number of rotatable bonds is 15. The van der Waals surface area contributed by atoms with Gasteiger partial charge in [-0.25, -0.2) is 0 Å². The van der Waals surface area contributed by atoms with Crippen molar-refractivity contribution in [2.24, 2.45) is 0 Å². The van der Waals surface area contributed by atoms with Crippen LogP contribution in [0.4, 0.5) is 0 Å². The molecule has 0 fully saturated rings. The molecule has 0 radical (unpaired) electrons. The first-order chi connectivity index (χ1) is 11.8. The summed E-state index contributed by atoms with van der Waals surface area (Å²) in [6, 6.07) is 0. The van der Waals surface area contributed by atoms with E-state index in [0.717, 1.165) is 38.5 Å². The van der Waals surface area contributed by atoms with E-state index >= 15 is 0 Å². The Bertz CT molecular complexity index is 425. The zero-order chi connectivity index (χ0) is 17.7. The topological polar surface area (TPSA) is 37.3 Å². The first-order valence-corrected chi connectivity index (χ1v) is 9.24. The average Bonchev–Trinajstić information content (AvgIpc) is 2.56. The second-order valence-electron chi connectivity index (χ2n) is 5.73. The Morgan fingerprint density at radius 1 is 0.667 bits per heavy atom. The quantitative estimate of drug-likeness (QED) is 0.265. The Balaban J connectivity index is 3.46. The van der Waals surface area contributed by atoms with Crippen molar-refractivity contribution in [1.29, 1.82) is 0 Å². The molecule has 1 N–H and O–H groups in total. The molecule has 0 heterocycles. The van der Waals surface area contributed by atoms with Gasteiger partial charge in [0.25, 0.3) is 0 Å². The lowest BCUT2D eigenvalue weighted by Crippen LogP contribution is -1.92. The van der Waals surface area contributed by atoms with Crippen LogP contribution in [0.2, 0.25) is 0 Å². The van der Waals surface area contributed by atoms with Crippen LogP contribution in [-0.2, 0) is 4.79 Å². The van der Waals surface area contributed by atoms with E-state index in [2.05, 4.69) is 67.7 Å². The van der Waals surface area contributed by atoms with Crippen LogP contribution in [0.25, 0.3) is 0 Å². The molecule has 0 aromatic carbocycles. The van der Waals surface area contributed by atoms with Crippen molar-refractivity contribution in [3.8, 4) is 0 Å². The minimum absolute atomic E-state index is 0.258. The van der Waals surface area contributed by atoms with Crippen LogP contribution in [-0.4, -0.2) is 11.1 Å². The van der Waals surface area contributed by atoms with Gasteiger partial charge in [-0.1, -0.05) is 80.5 Å². The molecule has 0 saturated carbocycles. The van der Waals surface area contributed by atoms with Gasteiger partial charge in [0.15, 0.2) is 0 Å². The van der Waals surface area contributed by atoms with Gasteiger partial charge in [-0.2, -0.15) is 0 Å². The molecule has 0 rings (SSSR count). The molecular formula is C22H34O2. The predicted octanol–water partition coefficient (Wildman–Crippen LogP) is 6.77. The summed E-state index contributed by atoms with van der Waals surface area (Å²) in [5, 5.41) is 8.51. The summed E-state index contributed by atoms with van der Waals surface area (Å²) in [7, 11) is 0. The Morgan fingerprint density at radius 2 is 1.04 bits per heavy atom. The largest absolute Gasteiger partial charge is 0.481 e. The highest BCUT2D eigenvalue weighted by molar-refractivity contribution is 5.66. The molecule has 0 amide bonds. The molecule has 24 heavy (non-hydrogen) atoms. The van der Waals surface area contributed by atoms with Gasteiger partial charge in [0.05, 0.1) is 0 Å². The van der Waals surface area contributed by atoms with Crippen molar-refractivity contribution >= 4 is 5.97 Å². The molecule has 134 valence electrons. The summed E-state index contributed by atoms with van der Waals surface area (Å²) in [6.07, 6.45) is 31.3. The summed E-state index contributed by atoms with van der Waals surface area (Å²) in [5.41, 5.74) is 0. The second-order valence-corrected chi connectivity index (χ2v) is 5.73. The lowest BCUT2D eigenvalue weighted by Gasteiger charge is -1.90. The minimum Gasteiger partial charge on any atom is -0.481 e. The third-order valence-electron chi connectivity index (χ3n) is 3.41. The number of carbonyl (C=O) groups is 1. The fourth-order valence-corrected chi connectivity index (χ4v) is 2.01. The van der Waals surface area contributed by atoms with Crippen LogP contribution in [0, 0.1) is 0 Å². The maximum atomic E-state index is 10.3. The molecule has 0 saturated heterocycles. The van der Waals surface area contributed by atoms with E-state index in [9.17, 15) is 4.79 Å². The van der Waals surface area contributed by atoms with Gasteiger partial charge < -0.3 is 5.11 Å². The van der Waals surface area contributed by atoms with E-state index in [1.165, 1.54) is 19.3 Å². The summed E-state index contributed by atoms with van der Waals surface area (Å²) in [4.78, 5) is 10.3. The molecule has 0 unspecified atom stereocenters. The molecule has 0 aliphatic rings. The maximum absolute atomic E-state index is 10.3. The lowest BCUT2D eigenvalue weighted by atomic mass is 10.2. The second kappa shape index (κ2) is 19.2. The molecular weight excluding hydrogens is 296 g/mol. The van der Waals surface area contributed by atoms with Gasteiger partial charge in [0.2, 0.25) is 0 Å². The van der Waals surface area contributed by atoms with Gasteiger partial charge in [-0.05, 0) is 44.9 Å². The van der Waals surface area contributed by atoms with Crippen LogP contribution in [0.15, 0.2) is 60.8 Å². The monoisotopic (exact) mass is 330 g/mol. The standard InChI is InChI=1S/C22H34O2/c1-2-3-4-5-6-7-8-9-10-11-12-13-14-15-16-17-18-19-20-21-22(23)24/h5-6,8-9,11-12,14-15,17-18H,2-4,7,10,13,16,19-21H2,1H3,(H,23,24)/b6-5+,9-8+,12-11+,15-14+,18-17+. The third-order valence-corrected chi connectivity index (χ3v) is 3.41. The Kier molecular flexibility index (Phi) is 17.8. The van der Waals surface area contributed by atoms with Gasteiger partial charge in [-0.3, -0.25) is 4.79 Å². The molecule has 2 heteroatoms. The highest BCUT2D eigenvalue weighted by atomic mass is 16.4. The first-order valence-electron chi connectivity index (χ1n) is 9.24. The van der Waals surface area contributed by atoms with Gasteiger partial charge >= 0.3 is 5.97 Å². The van der Waals surface area contributed by atoms with Crippen LogP contribution in [0.1, 0.15) is 71.1 Å². The molecule has 0 aromatic heterocycles. The number of carboxylic acid groups (broad SMARTS) is 1. The number of allylic oxidation sites excluding steroid dienone is 10. The van der Waals surface area contributed by atoms with E-state index in [4.69, 9.17) is 5.11 Å². The lowest BCUT2D eigenvalue weighted by molar-refractivity contribution is -0.137. The molecule has 0 aliphatic carbocycles. The zero-order valence-corrected chi connectivity index (χ0v) is 15.2. The highest BCUT2D eigenvalue weighted by Gasteiger charge is 1.92. The summed E-state index contributed by atoms with van der Waals surface area (Å²) in [6.45, 7) is 2.22. The van der Waals surface area contributed by atoms with Crippen molar-refractivity contribution in [3.05, 3.63) is 60.8 Å². The van der Waals surface area contributed by atoms with Crippen molar-refractivity contribution < 1.29 is 9.90 Å². The number of carboxylic acids is 1. The van der Waals surface area contributed by atoms with E-state index < -0.39 is 5.97 Å². The highest BCUT2D eigenvalue weighted by Crippen LogP contribution is 1.99. The normalized spacial score (nSPS) is 12.7. The predicted molar refractivity (Wildman–Crippen MR) is 105 cm³/mol. The summed E-state index contributed by atoms with van der Waals surface area (Å²) in [5.74, 6) is -0.714. The Hall–Kier alpha value is -1.83. The Morgan fingerprint density at radius 3 is 1.42 bits per heavy atom. The van der Waals surface area contributed by atoms with E-state index in [0.29, 0.717) is 0 Å². The number of aliphatic carboxylic acids is 1. The van der Waals surface area contributed by atoms with Gasteiger partial charge in [-0.15, -0.1) is 0 Å². The van der Waals surface area contributed by atoms with E-state index in [-0.39, 0.29) is 6.42 Å². The van der Waals surface area contributed by atoms with Crippen molar-refractivity contribution in [3.63, 3.8) is 0 Å². The van der Waals surface area contributed by atoms with Gasteiger partial charge in [0, 0.05) is 6.42 Å². The van der Waals surface area contributed by atoms with Crippen LogP contribution >= 0.6 is 0 Å². The summed E-state index contributed by atoms with van der Waals surface area (Å²) >= 11 is 0. The number of hydrogen-bond acceptors (Lipinski definition) is 1. The van der Waals surface area contributed by atoms with Crippen molar-refractivity contribution in [2.45, 2.75) is 71.1 Å². The summed E-state index contributed by atoms with van der Waals surface area (Å²) < 4.78 is 0. The molecule has 0 spiro atoms. The SMILES string of the molecule is CCCC/C=C/C/C=C/C/C=C/C/C=C/C/C=C/CCCC(=O)O. The third kappa shape index (κ3) is 20.2. The smallest absolute Gasteiger partial charge is 0.303 e. The fraction of sp³-hybridized carbons (Fsp3) is 0.500. The molecule has 0 aromatic rings. The first kappa shape index (κ1) is 22.2. The zero-order valence-electron chi connectivity index (χ0n) is 15.2. The van der Waals surface area contributed by atoms with Crippen LogP contribution < -0.4 is 0 Å². The molecule has 0 bridgehead atoms. The fourth-order valence-electron chi connectivity index (χ4n) is 2.01. The average molecular weight is 331 g/mol. The molecule has 0 aliphatic heterocycles. The minimum atomic E-state index is -0.714. The molecule has 0 atom stereocenters. The van der Waals surface area contributed by atoms with Crippen LogP contribution in [0.5, 0.6) is 0 Å². The maximum Gasteiger partial charge on any atom is 0.303 e. The van der Waals surface area contributed by atoms with Crippen molar-refractivity contribution in [1.82, 2.24) is 0 Å². The van der Waals surface area contributed by atoms with Gasteiger partial charge in [0.1, 0.15) is 0 Å². The van der Waals surface area contributed by atoms with E-state index in [1.807, 2.05) is 0 Å². The Labute approximate surface area is 148 Å². The van der Waals surface area contributed by atoms with Crippen molar-refractivity contribution in [2.75, 3.05) is 0 Å². The molecule has 2 nitrogen and oxygen atoms in total. The number of unbranched alkanes of at least 4 members (excludes halogenated alkanes) is 3.